The van der Waals surface area contributed by atoms with Crippen LogP contribution in [0.1, 0.15) is 19.4 Å². The topological polar surface area (TPSA) is 64.6 Å². The number of benzene rings is 2. The molecule has 0 spiro atoms. The van der Waals surface area contributed by atoms with Gasteiger partial charge in [0.1, 0.15) is 17.9 Å². The summed E-state index contributed by atoms with van der Waals surface area (Å²) < 4.78 is 23.5. The molecule has 0 aromatic heterocycles. The minimum Gasteiger partial charge on any atom is -0.459 e. The highest BCUT2D eigenvalue weighted by molar-refractivity contribution is 7.56. The van der Waals surface area contributed by atoms with Gasteiger partial charge in [-0.05, 0) is 43.7 Å². The molecule has 2 aromatic carbocycles. The van der Waals surface area contributed by atoms with Crippen molar-refractivity contribution in [1.82, 2.24) is 5.09 Å². The van der Waals surface area contributed by atoms with E-state index in [4.69, 9.17) is 20.9 Å². The fourth-order valence-corrected chi connectivity index (χ4v) is 3.98. The zero-order valence-electron chi connectivity index (χ0n) is 14.4. The molecule has 0 amide bonds. The van der Waals surface area contributed by atoms with Crippen molar-refractivity contribution in [2.24, 2.45) is 0 Å². The van der Waals surface area contributed by atoms with Crippen molar-refractivity contribution in [2.45, 2.75) is 26.0 Å². The number of nitrogens with one attached hydrogen (secondary N) is 1. The van der Waals surface area contributed by atoms with Crippen molar-refractivity contribution in [1.29, 1.82) is 0 Å². The summed E-state index contributed by atoms with van der Waals surface area (Å²) in [6.45, 7) is 4.76. The maximum absolute atomic E-state index is 12.7. The number of rotatable bonds is 7. The van der Waals surface area contributed by atoms with Crippen LogP contribution in [0, 0.1) is 0 Å². The second-order valence-corrected chi connectivity index (χ2v) is 8.72. The Morgan fingerprint density at radius 1 is 1.12 bits per heavy atom. The van der Waals surface area contributed by atoms with Gasteiger partial charge in [0.2, 0.25) is 0 Å². The average Bonchev–Trinajstić information content (AvgIpc) is 2.54. The molecule has 0 heterocycles. The van der Waals surface area contributed by atoms with Crippen molar-refractivity contribution >= 4 is 25.1 Å². The molecule has 1 unspecified atom stereocenters. The zero-order valence-corrected chi connectivity index (χ0v) is 16.0. The van der Waals surface area contributed by atoms with E-state index in [1.165, 1.54) is 6.66 Å². The Hall–Kier alpha value is -1.81. The van der Waals surface area contributed by atoms with E-state index in [2.05, 4.69) is 5.09 Å². The first kappa shape index (κ1) is 19.5. The Morgan fingerprint density at radius 2 is 1.72 bits per heavy atom. The van der Waals surface area contributed by atoms with Crippen molar-refractivity contribution in [3.8, 4) is 5.75 Å². The number of halogens is 1. The van der Waals surface area contributed by atoms with Crippen molar-refractivity contribution in [3.05, 3.63) is 65.2 Å². The first-order valence-electron chi connectivity index (χ1n) is 7.71. The summed E-state index contributed by atoms with van der Waals surface area (Å²) in [4.78, 5) is 12.3. The van der Waals surface area contributed by atoms with E-state index in [0.717, 1.165) is 5.56 Å². The number of hydrogen-bond donors (Lipinski definition) is 1. The molecule has 0 saturated heterocycles. The fraction of sp³-hybridized carbons (Fsp3) is 0.278. The molecular formula is C18H21ClNO4P. The SMILES string of the molecule is CC(C)(NP(C)(=O)Oc1ccc(Cl)cc1)C(=O)OCc1ccccc1. The molecule has 5 nitrogen and oxygen atoms in total. The summed E-state index contributed by atoms with van der Waals surface area (Å²) in [5, 5.41) is 3.31. The molecule has 0 aliphatic carbocycles. The third kappa shape index (κ3) is 6.20. The quantitative estimate of drug-likeness (QED) is 0.558. The number of hydrogen-bond acceptors (Lipinski definition) is 4. The van der Waals surface area contributed by atoms with Gasteiger partial charge in [0.15, 0.2) is 0 Å². The average molecular weight is 382 g/mol. The van der Waals surface area contributed by atoms with Gasteiger partial charge in [0, 0.05) is 11.7 Å². The summed E-state index contributed by atoms with van der Waals surface area (Å²) in [7, 11) is -3.29. The number of carbonyl (C=O) groups is 1. The monoisotopic (exact) mass is 381 g/mol. The predicted octanol–water partition coefficient (Wildman–Crippen LogP) is 4.65. The maximum atomic E-state index is 12.7. The highest BCUT2D eigenvalue weighted by Gasteiger charge is 2.36. The lowest BCUT2D eigenvalue weighted by atomic mass is 10.1. The predicted molar refractivity (Wildman–Crippen MR) is 99.1 cm³/mol. The molecule has 0 bridgehead atoms. The molecule has 0 saturated carbocycles. The van der Waals surface area contributed by atoms with Crippen molar-refractivity contribution in [3.63, 3.8) is 0 Å². The molecule has 2 aromatic rings. The van der Waals surface area contributed by atoms with Gasteiger partial charge >= 0.3 is 13.5 Å². The zero-order chi connectivity index (χ0) is 18.5. The van der Waals surface area contributed by atoms with Gasteiger partial charge in [-0.2, -0.15) is 0 Å². The summed E-state index contributed by atoms with van der Waals surface area (Å²) in [5.41, 5.74) is -0.297. The van der Waals surface area contributed by atoms with Crippen LogP contribution in [-0.2, 0) is 20.7 Å². The third-order valence-electron chi connectivity index (χ3n) is 3.30. The summed E-state index contributed by atoms with van der Waals surface area (Å²) in [5.74, 6) is -0.116. The lowest BCUT2D eigenvalue weighted by Gasteiger charge is -2.28. The van der Waals surface area contributed by atoms with E-state index < -0.39 is 19.0 Å². The molecule has 2 rings (SSSR count). The first-order chi connectivity index (χ1) is 11.7. The molecule has 0 aliphatic heterocycles. The van der Waals surface area contributed by atoms with Crippen LogP contribution in [0.4, 0.5) is 0 Å². The number of esters is 1. The largest absolute Gasteiger partial charge is 0.459 e. The van der Waals surface area contributed by atoms with Crippen LogP contribution in [0.25, 0.3) is 0 Å². The molecule has 1 N–H and O–H groups in total. The molecule has 25 heavy (non-hydrogen) atoms. The van der Waals surface area contributed by atoms with E-state index in [1.807, 2.05) is 30.3 Å². The standard InChI is InChI=1S/C18H21ClNO4P/c1-18(2,17(21)23-13-14-7-5-4-6-8-14)20-25(3,22)24-16-11-9-15(19)10-12-16/h4-12H,13H2,1-3H3,(H,20,22). The Bertz CT molecular complexity index is 762. The fourth-order valence-electron chi connectivity index (χ4n) is 2.18. The van der Waals surface area contributed by atoms with Gasteiger partial charge in [0.05, 0.1) is 0 Å². The molecule has 134 valence electrons. The highest BCUT2D eigenvalue weighted by atomic mass is 35.5. The summed E-state index contributed by atoms with van der Waals surface area (Å²) in [6.07, 6.45) is 0. The summed E-state index contributed by atoms with van der Waals surface area (Å²) >= 11 is 5.81. The van der Waals surface area contributed by atoms with E-state index in [9.17, 15) is 9.36 Å². The number of carbonyl (C=O) groups excluding carboxylic acids is 1. The van der Waals surface area contributed by atoms with Crippen LogP contribution in [0.2, 0.25) is 5.02 Å². The molecule has 0 radical (unpaired) electrons. The van der Waals surface area contributed by atoms with Crippen LogP contribution in [0.5, 0.6) is 5.75 Å². The second-order valence-electron chi connectivity index (χ2n) is 6.19. The van der Waals surface area contributed by atoms with Gasteiger partial charge in [-0.3, -0.25) is 9.36 Å². The van der Waals surface area contributed by atoms with Gasteiger partial charge in [-0.1, -0.05) is 41.9 Å². The Morgan fingerprint density at radius 3 is 2.32 bits per heavy atom. The third-order valence-corrected chi connectivity index (χ3v) is 5.08. The van der Waals surface area contributed by atoms with Gasteiger partial charge in [0.25, 0.3) is 0 Å². The normalized spacial score (nSPS) is 13.8. The molecule has 7 heteroatoms. The van der Waals surface area contributed by atoms with E-state index >= 15 is 0 Å². The lowest BCUT2D eigenvalue weighted by Crippen LogP contribution is -2.46. The Kier molecular flexibility index (Phi) is 6.28. The molecule has 0 fully saturated rings. The maximum Gasteiger partial charge on any atom is 0.326 e. The van der Waals surface area contributed by atoms with Gasteiger partial charge in [-0.25, -0.2) is 5.09 Å². The Balaban J connectivity index is 1.96. The highest BCUT2D eigenvalue weighted by Crippen LogP contribution is 2.41. The Labute approximate surface area is 152 Å². The first-order valence-corrected chi connectivity index (χ1v) is 10.2. The second kappa shape index (κ2) is 8.05. The van der Waals surface area contributed by atoms with Crippen LogP contribution < -0.4 is 9.61 Å². The van der Waals surface area contributed by atoms with E-state index in [0.29, 0.717) is 10.8 Å². The van der Waals surface area contributed by atoms with E-state index in [1.54, 1.807) is 38.1 Å². The van der Waals surface area contributed by atoms with Crippen LogP contribution >= 0.6 is 19.1 Å². The molecular weight excluding hydrogens is 361 g/mol. The van der Waals surface area contributed by atoms with Crippen LogP contribution in [0.15, 0.2) is 54.6 Å². The lowest BCUT2D eigenvalue weighted by molar-refractivity contribution is -0.150. The van der Waals surface area contributed by atoms with Crippen LogP contribution in [-0.4, -0.2) is 18.2 Å². The minimum absolute atomic E-state index is 0.150. The van der Waals surface area contributed by atoms with Gasteiger partial charge in [-0.15, -0.1) is 0 Å². The van der Waals surface area contributed by atoms with Crippen molar-refractivity contribution < 1.29 is 18.6 Å². The molecule has 0 aliphatic rings. The van der Waals surface area contributed by atoms with Crippen molar-refractivity contribution in [2.75, 3.05) is 6.66 Å². The number of ether oxygens (including phenoxy) is 1. The van der Waals surface area contributed by atoms with Crippen LogP contribution in [0.3, 0.4) is 0 Å². The minimum atomic E-state index is -3.29. The summed E-state index contributed by atoms with van der Waals surface area (Å²) in [6, 6.07) is 15.8. The van der Waals surface area contributed by atoms with Gasteiger partial charge < -0.3 is 9.26 Å². The molecule has 1 atom stereocenters. The smallest absolute Gasteiger partial charge is 0.326 e. The van der Waals surface area contributed by atoms with E-state index in [-0.39, 0.29) is 6.61 Å².